The summed E-state index contributed by atoms with van der Waals surface area (Å²) in [6, 6.07) is 9.71. The van der Waals surface area contributed by atoms with E-state index >= 15 is 0 Å². The number of aromatic nitrogens is 2. The van der Waals surface area contributed by atoms with Crippen molar-refractivity contribution in [2.45, 2.75) is 27.0 Å². The van der Waals surface area contributed by atoms with Crippen molar-refractivity contribution in [2.75, 3.05) is 5.32 Å². The van der Waals surface area contributed by atoms with Crippen molar-refractivity contribution in [3.05, 3.63) is 99.0 Å². The van der Waals surface area contributed by atoms with Gasteiger partial charge in [-0.3, -0.25) is 9.48 Å². The summed E-state index contributed by atoms with van der Waals surface area (Å²) in [6.07, 6.45) is 0. The van der Waals surface area contributed by atoms with Crippen LogP contribution in [0.5, 0.6) is 5.75 Å². The molecule has 2 aromatic carbocycles. The van der Waals surface area contributed by atoms with Crippen LogP contribution in [-0.2, 0) is 13.2 Å². The molecule has 2 heterocycles. The van der Waals surface area contributed by atoms with Crippen LogP contribution >= 0.6 is 11.6 Å². The van der Waals surface area contributed by atoms with Gasteiger partial charge < -0.3 is 14.5 Å². The minimum atomic E-state index is -2.24. The molecule has 1 N–H and O–H groups in total. The van der Waals surface area contributed by atoms with Gasteiger partial charge in [0.25, 0.3) is 5.91 Å². The number of benzene rings is 2. The second kappa shape index (κ2) is 10.0. The SMILES string of the molecule is Cc1nn(Cc2c(F)c(F)c(F)c(F)c2F)c(C)c1NC(=O)c1ccc(COc2cccc(Cl)c2)o1. The molecule has 0 aliphatic heterocycles. The van der Waals surface area contributed by atoms with E-state index < -0.39 is 47.1 Å². The van der Waals surface area contributed by atoms with Gasteiger partial charge in [-0.1, -0.05) is 17.7 Å². The largest absolute Gasteiger partial charge is 0.486 e. The lowest BCUT2D eigenvalue weighted by atomic mass is 10.1. The third-order valence-electron chi connectivity index (χ3n) is 5.29. The molecule has 0 saturated heterocycles. The van der Waals surface area contributed by atoms with Crippen molar-refractivity contribution in [1.29, 1.82) is 0 Å². The summed E-state index contributed by atoms with van der Waals surface area (Å²) >= 11 is 5.91. The Kier molecular flexibility index (Phi) is 7.02. The first-order valence-electron chi connectivity index (χ1n) is 10.4. The molecule has 2 aromatic heterocycles. The number of anilines is 1. The fourth-order valence-corrected chi connectivity index (χ4v) is 3.61. The molecule has 0 aliphatic rings. The van der Waals surface area contributed by atoms with Crippen LogP contribution in [0.25, 0.3) is 0 Å². The fourth-order valence-electron chi connectivity index (χ4n) is 3.43. The lowest BCUT2D eigenvalue weighted by Gasteiger charge is -2.10. The normalized spacial score (nSPS) is 11.1. The number of ether oxygens (including phenoxy) is 1. The minimum Gasteiger partial charge on any atom is -0.486 e. The molecule has 6 nitrogen and oxygen atoms in total. The lowest BCUT2D eigenvalue weighted by molar-refractivity contribution is 0.0992. The van der Waals surface area contributed by atoms with E-state index in [1.165, 1.54) is 19.9 Å². The zero-order valence-corrected chi connectivity index (χ0v) is 19.5. The maximum atomic E-state index is 14.1. The molecule has 0 fully saturated rings. The lowest BCUT2D eigenvalue weighted by Crippen LogP contribution is -2.14. The van der Waals surface area contributed by atoms with E-state index in [-0.39, 0.29) is 29.4 Å². The van der Waals surface area contributed by atoms with Gasteiger partial charge in [0.15, 0.2) is 29.0 Å². The third-order valence-corrected chi connectivity index (χ3v) is 5.53. The monoisotopic (exact) mass is 525 g/mol. The first kappa shape index (κ1) is 25.2. The maximum Gasteiger partial charge on any atom is 0.291 e. The Balaban J connectivity index is 1.49. The first-order chi connectivity index (χ1) is 17.1. The molecule has 0 unspecified atom stereocenters. The number of nitrogens with one attached hydrogen (secondary N) is 1. The Morgan fingerprint density at radius 2 is 1.69 bits per heavy atom. The number of amides is 1. The molecule has 4 aromatic rings. The van der Waals surface area contributed by atoms with Crippen LogP contribution in [0.3, 0.4) is 0 Å². The number of nitrogens with zero attached hydrogens (tertiary/aromatic N) is 2. The van der Waals surface area contributed by atoms with Gasteiger partial charge in [0.2, 0.25) is 5.82 Å². The number of carbonyl (C=O) groups is 1. The Labute approximate surface area is 206 Å². The van der Waals surface area contributed by atoms with Gasteiger partial charge in [0, 0.05) is 5.02 Å². The van der Waals surface area contributed by atoms with Crippen LogP contribution in [0.4, 0.5) is 27.6 Å². The molecule has 12 heteroatoms. The quantitative estimate of drug-likeness (QED) is 0.174. The first-order valence-corrected chi connectivity index (χ1v) is 10.8. The molecule has 0 radical (unpaired) electrons. The van der Waals surface area contributed by atoms with Gasteiger partial charge in [-0.25, -0.2) is 22.0 Å². The predicted octanol–water partition coefficient (Wildman–Crippen LogP) is 6.32. The Morgan fingerprint density at radius 3 is 2.36 bits per heavy atom. The third kappa shape index (κ3) is 4.92. The van der Waals surface area contributed by atoms with E-state index in [2.05, 4.69) is 10.4 Å². The van der Waals surface area contributed by atoms with Gasteiger partial charge in [0.05, 0.1) is 29.2 Å². The van der Waals surface area contributed by atoms with Crippen molar-refractivity contribution in [3.8, 4) is 5.75 Å². The minimum absolute atomic E-state index is 0.0333. The number of hydrogen-bond donors (Lipinski definition) is 1. The van der Waals surface area contributed by atoms with E-state index in [1.807, 2.05) is 0 Å². The zero-order valence-electron chi connectivity index (χ0n) is 18.8. The van der Waals surface area contributed by atoms with Crippen molar-refractivity contribution in [3.63, 3.8) is 0 Å². The topological polar surface area (TPSA) is 69.3 Å². The van der Waals surface area contributed by atoms with E-state index in [9.17, 15) is 26.7 Å². The zero-order chi connectivity index (χ0) is 26.1. The molecular weight excluding hydrogens is 509 g/mol. The summed E-state index contributed by atoms with van der Waals surface area (Å²) in [5.74, 6) is -10.1. The highest BCUT2D eigenvalue weighted by molar-refractivity contribution is 6.30. The molecule has 36 heavy (non-hydrogen) atoms. The summed E-state index contributed by atoms with van der Waals surface area (Å²) in [7, 11) is 0. The smallest absolute Gasteiger partial charge is 0.291 e. The van der Waals surface area contributed by atoms with Gasteiger partial charge in [-0.05, 0) is 44.2 Å². The standard InChI is InChI=1S/C24H17ClF5N3O3/c1-11-23(12(2)33(32-11)9-16-18(26)20(28)22(30)21(29)19(16)27)31-24(34)17-7-6-15(36-17)10-35-14-5-3-4-13(25)8-14/h3-8H,9-10H2,1-2H3,(H,31,34). The summed E-state index contributed by atoms with van der Waals surface area (Å²) in [5, 5.41) is 7.15. The highest BCUT2D eigenvalue weighted by atomic mass is 35.5. The number of carbonyl (C=O) groups excluding carboxylic acids is 1. The van der Waals surface area contributed by atoms with Gasteiger partial charge in [-0.2, -0.15) is 5.10 Å². The number of aryl methyl sites for hydroxylation is 1. The number of halogens is 6. The average molecular weight is 526 g/mol. The second-order valence-electron chi connectivity index (χ2n) is 7.72. The van der Waals surface area contributed by atoms with Crippen molar-refractivity contribution >= 4 is 23.2 Å². The molecule has 0 atom stereocenters. The van der Waals surface area contributed by atoms with Gasteiger partial charge in [-0.15, -0.1) is 0 Å². The van der Waals surface area contributed by atoms with Crippen LogP contribution in [0, 0.1) is 42.9 Å². The summed E-state index contributed by atoms with van der Waals surface area (Å²) in [5.41, 5.74) is -0.385. The number of rotatable bonds is 7. The molecule has 4 rings (SSSR count). The van der Waals surface area contributed by atoms with E-state index in [1.54, 1.807) is 30.3 Å². The molecule has 0 aliphatic carbocycles. The van der Waals surface area contributed by atoms with Gasteiger partial charge in [0.1, 0.15) is 18.1 Å². The molecule has 188 valence electrons. The van der Waals surface area contributed by atoms with Crippen LogP contribution in [-0.4, -0.2) is 15.7 Å². The molecule has 0 bridgehead atoms. The Hall–Kier alpha value is -3.86. The fraction of sp³-hybridized carbons (Fsp3) is 0.167. The van der Waals surface area contributed by atoms with Crippen LogP contribution in [0.1, 0.15) is 33.3 Å². The summed E-state index contributed by atoms with van der Waals surface area (Å²) in [6.45, 7) is 2.25. The highest BCUT2D eigenvalue weighted by Gasteiger charge is 2.27. The Morgan fingerprint density at radius 1 is 1.03 bits per heavy atom. The molecule has 0 spiro atoms. The van der Waals surface area contributed by atoms with E-state index in [0.29, 0.717) is 16.5 Å². The van der Waals surface area contributed by atoms with Crippen LogP contribution < -0.4 is 10.1 Å². The second-order valence-corrected chi connectivity index (χ2v) is 8.15. The summed E-state index contributed by atoms with van der Waals surface area (Å²) < 4.78 is 80.7. The maximum absolute atomic E-state index is 14.1. The highest BCUT2D eigenvalue weighted by Crippen LogP contribution is 2.27. The van der Waals surface area contributed by atoms with Crippen molar-refractivity contribution in [2.24, 2.45) is 0 Å². The average Bonchev–Trinajstić information content (AvgIpc) is 3.43. The van der Waals surface area contributed by atoms with Crippen molar-refractivity contribution < 1.29 is 35.9 Å². The van der Waals surface area contributed by atoms with Gasteiger partial charge >= 0.3 is 0 Å². The molecular formula is C24H17ClF5N3O3. The molecule has 0 saturated carbocycles. The van der Waals surface area contributed by atoms with Crippen LogP contribution in [0.15, 0.2) is 40.8 Å². The van der Waals surface area contributed by atoms with E-state index in [4.69, 9.17) is 20.8 Å². The van der Waals surface area contributed by atoms with Crippen LogP contribution in [0.2, 0.25) is 5.02 Å². The Bertz CT molecular complexity index is 1440. The van der Waals surface area contributed by atoms with Crippen molar-refractivity contribution in [1.82, 2.24) is 9.78 Å². The number of hydrogen-bond acceptors (Lipinski definition) is 4. The molecule has 1 amide bonds. The summed E-state index contributed by atoms with van der Waals surface area (Å²) in [4.78, 5) is 12.7. The number of furan rings is 1. The predicted molar refractivity (Wildman–Crippen MR) is 119 cm³/mol. The van der Waals surface area contributed by atoms with E-state index in [0.717, 1.165) is 4.68 Å².